The SMILES string of the molecule is [B](OCCSNc1ccccc1)C(OC([B]OCCSNc1ccccc1)c1ccccc1)c1ccccc1. The van der Waals surface area contributed by atoms with Gasteiger partial charge in [0.25, 0.3) is 0 Å². The fourth-order valence-electron chi connectivity index (χ4n) is 3.59. The highest BCUT2D eigenvalue weighted by Crippen LogP contribution is 2.26. The lowest BCUT2D eigenvalue weighted by atomic mass is 9.80. The molecule has 0 aliphatic rings. The monoisotopic (exact) mass is 554 g/mol. The van der Waals surface area contributed by atoms with Crippen molar-refractivity contribution >= 4 is 50.2 Å². The van der Waals surface area contributed by atoms with E-state index in [0.29, 0.717) is 13.2 Å². The highest BCUT2D eigenvalue weighted by atomic mass is 32.2. The van der Waals surface area contributed by atoms with Crippen LogP contribution < -0.4 is 9.44 Å². The third-order valence-corrected chi connectivity index (χ3v) is 7.02. The summed E-state index contributed by atoms with van der Waals surface area (Å²) < 4.78 is 25.1. The van der Waals surface area contributed by atoms with Crippen molar-refractivity contribution in [2.45, 2.75) is 12.0 Å². The van der Waals surface area contributed by atoms with E-state index in [2.05, 4.69) is 9.44 Å². The largest absolute Gasteiger partial charge is 0.436 e. The quantitative estimate of drug-likeness (QED) is 0.0767. The molecule has 198 valence electrons. The molecule has 0 aromatic heterocycles. The molecule has 0 aliphatic carbocycles. The molecule has 0 bridgehead atoms. The van der Waals surface area contributed by atoms with Gasteiger partial charge in [-0.3, -0.25) is 0 Å². The summed E-state index contributed by atoms with van der Waals surface area (Å²) in [5, 5.41) is 0. The average Bonchev–Trinajstić information content (AvgIpc) is 3.01. The maximum atomic E-state index is 6.57. The van der Waals surface area contributed by atoms with Crippen LogP contribution in [0.4, 0.5) is 11.4 Å². The number of hydrogen-bond donors (Lipinski definition) is 2. The molecule has 2 radical (unpaired) electrons. The molecule has 9 heteroatoms. The number of nitrogens with one attached hydrogen (secondary N) is 2. The smallest absolute Gasteiger partial charge is 0.329 e. The van der Waals surface area contributed by atoms with Crippen LogP contribution in [-0.4, -0.2) is 39.7 Å². The summed E-state index contributed by atoms with van der Waals surface area (Å²) in [6, 6.07) is 39.7. The van der Waals surface area contributed by atoms with Crippen LogP contribution in [0.5, 0.6) is 0 Å². The van der Waals surface area contributed by atoms with Crippen molar-refractivity contribution in [1.29, 1.82) is 0 Å². The van der Waals surface area contributed by atoms with Gasteiger partial charge in [-0.1, -0.05) is 121 Å². The second-order valence-electron chi connectivity index (χ2n) is 8.45. The van der Waals surface area contributed by atoms with Gasteiger partial charge in [-0.15, -0.1) is 0 Å². The Kier molecular flexibility index (Phi) is 13.3. The molecule has 0 saturated carbocycles. The van der Waals surface area contributed by atoms with E-state index in [4.69, 9.17) is 14.0 Å². The predicted molar refractivity (Wildman–Crippen MR) is 168 cm³/mol. The Morgan fingerprint density at radius 3 is 1.26 bits per heavy atom. The first kappa shape index (κ1) is 29.2. The average molecular weight is 554 g/mol. The van der Waals surface area contributed by atoms with Crippen LogP contribution in [0, 0.1) is 0 Å². The van der Waals surface area contributed by atoms with E-state index in [1.54, 1.807) is 38.9 Å². The van der Waals surface area contributed by atoms with Crippen molar-refractivity contribution in [1.82, 2.24) is 0 Å². The molecule has 4 rings (SSSR count). The Hall–Kier alpha value is -2.81. The molecule has 0 heterocycles. The lowest BCUT2D eigenvalue weighted by molar-refractivity contribution is 0.0573. The van der Waals surface area contributed by atoms with Gasteiger partial charge in [0.1, 0.15) is 0 Å². The second kappa shape index (κ2) is 17.7. The van der Waals surface area contributed by atoms with E-state index in [0.717, 1.165) is 34.0 Å². The summed E-state index contributed by atoms with van der Waals surface area (Å²) in [6.07, 6.45) is 0. The van der Waals surface area contributed by atoms with E-state index in [1.165, 1.54) is 0 Å². The maximum absolute atomic E-state index is 6.57. The summed E-state index contributed by atoms with van der Waals surface area (Å²) in [7, 11) is 3.56. The van der Waals surface area contributed by atoms with Crippen LogP contribution in [-0.2, 0) is 14.0 Å². The van der Waals surface area contributed by atoms with E-state index in [1.807, 2.05) is 121 Å². The molecule has 5 nitrogen and oxygen atoms in total. The van der Waals surface area contributed by atoms with Crippen molar-refractivity contribution in [3.05, 3.63) is 132 Å². The van der Waals surface area contributed by atoms with Crippen LogP contribution in [0.1, 0.15) is 23.1 Å². The summed E-state index contributed by atoms with van der Waals surface area (Å²) in [6.45, 7) is 1.11. The van der Waals surface area contributed by atoms with Crippen molar-refractivity contribution < 1.29 is 14.0 Å². The van der Waals surface area contributed by atoms with Gasteiger partial charge < -0.3 is 23.5 Å². The zero-order valence-corrected chi connectivity index (χ0v) is 23.4. The second-order valence-corrected chi connectivity index (χ2v) is 10.2. The van der Waals surface area contributed by atoms with E-state index in [9.17, 15) is 0 Å². The molecule has 2 N–H and O–H groups in total. The van der Waals surface area contributed by atoms with Gasteiger partial charge in [0.15, 0.2) is 0 Å². The van der Waals surface area contributed by atoms with Crippen molar-refractivity contribution in [2.75, 3.05) is 34.2 Å². The predicted octanol–water partition coefficient (Wildman–Crippen LogP) is 7.19. The Bertz CT molecular complexity index is 1070. The molecule has 2 unspecified atom stereocenters. The van der Waals surface area contributed by atoms with Gasteiger partial charge in [-0.25, -0.2) is 0 Å². The molecule has 0 saturated heterocycles. The molecule has 2 atom stereocenters. The number of rotatable bonds is 18. The Balaban J connectivity index is 1.27. The fourth-order valence-corrected chi connectivity index (χ4v) is 4.76. The van der Waals surface area contributed by atoms with Crippen LogP contribution >= 0.6 is 23.9 Å². The fraction of sp³-hybridized carbons (Fsp3) is 0.200. The number of ether oxygens (including phenoxy) is 1. The first-order valence-corrected chi connectivity index (χ1v) is 14.9. The van der Waals surface area contributed by atoms with Crippen molar-refractivity contribution in [3.63, 3.8) is 0 Å². The van der Waals surface area contributed by atoms with E-state index >= 15 is 0 Å². The number of benzene rings is 4. The van der Waals surface area contributed by atoms with Gasteiger partial charge in [0.2, 0.25) is 0 Å². The highest BCUT2D eigenvalue weighted by molar-refractivity contribution is 8.00. The third kappa shape index (κ3) is 11.1. The first-order valence-electron chi connectivity index (χ1n) is 12.9. The molecule has 0 aliphatic heterocycles. The number of anilines is 2. The Labute approximate surface area is 242 Å². The number of hydrogen-bond acceptors (Lipinski definition) is 7. The van der Waals surface area contributed by atoms with Crippen LogP contribution in [0.3, 0.4) is 0 Å². The molecule has 0 amide bonds. The number of para-hydroxylation sites is 2. The topological polar surface area (TPSA) is 51.8 Å². The van der Waals surface area contributed by atoms with Crippen LogP contribution in [0.25, 0.3) is 0 Å². The Morgan fingerprint density at radius 1 is 0.513 bits per heavy atom. The van der Waals surface area contributed by atoms with E-state index in [-0.39, 0.29) is 12.0 Å². The van der Waals surface area contributed by atoms with Gasteiger partial charge in [-0.2, -0.15) is 0 Å². The molecule has 4 aromatic rings. The minimum Gasteiger partial charge on any atom is -0.436 e. The van der Waals surface area contributed by atoms with Crippen molar-refractivity contribution in [3.8, 4) is 0 Å². The van der Waals surface area contributed by atoms with Gasteiger partial charge in [-0.05, 0) is 35.4 Å². The van der Waals surface area contributed by atoms with E-state index < -0.39 is 0 Å². The van der Waals surface area contributed by atoms with Gasteiger partial charge >= 0.3 is 15.0 Å². The van der Waals surface area contributed by atoms with Crippen molar-refractivity contribution in [2.24, 2.45) is 0 Å². The normalized spacial score (nSPS) is 12.3. The maximum Gasteiger partial charge on any atom is 0.329 e. The lowest BCUT2D eigenvalue weighted by Crippen LogP contribution is -2.24. The molecular weight excluding hydrogens is 522 g/mol. The zero-order chi connectivity index (χ0) is 26.8. The van der Waals surface area contributed by atoms with Gasteiger partial charge in [0, 0.05) is 36.1 Å². The summed E-state index contributed by atoms with van der Waals surface area (Å²) >= 11 is 3.22. The molecular formula is C30H32B2N2O3S2. The van der Waals surface area contributed by atoms with Crippen LogP contribution in [0.15, 0.2) is 121 Å². The third-order valence-electron chi connectivity index (χ3n) is 5.52. The Morgan fingerprint density at radius 2 is 0.872 bits per heavy atom. The lowest BCUT2D eigenvalue weighted by Gasteiger charge is -2.24. The molecule has 39 heavy (non-hydrogen) atoms. The standard InChI is InChI=1S/C30H32B2N2O3S2/c1-5-13-25(14-6-1)29(31-35-21-23-38-33-27-17-9-3-10-18-27)37-30(26-15-7-2-8-16-26)32-36-22-24-39-34-28-19-11-4-12-20-28/h1-20,29-30,33-34H,21-24H2. The van der Waals surface area contributed by atoms with Crippen LogP contribution in [0.2, 0.25) is 0 Å². The summed E-state index contributed by atoms with van der Waals surface area (Å²) in [4.78, 5) is 0. The minimum atomic E-state index is -0.363. The summed E-state index contributed by atoms with van der Waals surface area (Å²) in [5.41, 5.74) is 4.19. The van der Waals surface area contributed by atoms with Gasteiger partial charge in [0.05, 0.1) is 12.0 Å². The highest BCUT2D eigenvalue weighted by Gasteiger charge is 2.23. The first-order chi connectivity index (χ1) is 19.4. The molecule has 4 aromatic carbocycles. The minimum absolute atomic E-state index is 0.363. The molecule has 0 spiro atoms. The molecule has 0 fully saturated rings. The zero-order valence-electron chi connectivity index (χ0n) is 21.7. The summed E-state index contributed by atoms with van der Waals surface area (Å²) in [5.74, 6) is 1.58.